The van der Waals surface area contributed by atoms with Crippen LogP contribution in [0.3, 0.4) is 0 Å². The average molecular weight is 387 g/mol. The van der Waals surface area contributed by atoms with Crippen LogP contribution in [0, 0.1) is 6.92 Å². The van der Waals surface area contributed by atoms with Gasteiger partial charge in [0.2, 0.25) is 0 Å². The number of aromatic amines is 1. The van der Waals surface area contributed by atoms with Gasteiger partial charge in [-0.15, -0.1) is 0 Å². The van der Waals surface area contributed by atoms with Gasteiger partial charge in [0, 0.05) is 34.8 Å². The van der Waals surface area contributed by atoms with Crippen LogP contribution in [-0.4, -0.2) is 56.8 Å². The summed E-state index contributed by atoms with van der Waals surface area (Å²) in [5.41, 5.74) is -0.574. The predicted molar refractivity (Wildman–Crippen MR) is 91.6 cm³/mol. The van der Waals surface area contributed by atoms with Crippen LogP contribution in [0.1, 0.15) is 44.4 Å². The Bertz CT molecular complexity index is 720. The molecular formula is C14H23MgN2O7P. The number of aryl methyl sites for hydroxylation is 1. The number of ether oxygens (including phenoxy) is 1. The number of hydrogen-bond donors (Lipinski definition) is 2. The van der Waals surface area contributed by atoms with Crippen molar-refractivity contribution in [3.8, 4) is 0 Å². The molecule has 2 rings (SSSR count). The minimum absolute atomic E-state index is 0. The summed E-state index contributed by atoms with van der Waals surface area (Å²) in [4.78, 5) is 35.0. The fourth-order valence-corrected chi connectivity index (χ4v) is 3.14. The first-order valence-corrected chi connectivity index (χ1v) is 9.41. The minimum atomic E-state index is -4.09. The van der Waals surface area contributed by atoms with Gasteiger partial charge in [0.25, 0.3) is 5.56 Å². The Labute approximate surface area is 161 Å². The van der Waals surface area contributed by atoms with E-state index in [1.165, 1.54) is 10.8 Å². The Morgan fingerprint density at radius 3 is 2.80 bits per heavy atom. The molecule has 0 spiro atoms. The molecule has 1 aliphatic rings. The van der Waals surface area contributed by atoms with Crippen molar-refractivity contribution in [1.29, 1.82) is 0 Å². The number of phosphoric ester groups is 1. The number of hydrogen-bond acceptors (Lipinski definition) is 6. The zero-order chi connectivity index (χ0) is 17.7. The van der Waals surface area contributed by atoms with Crippen molar-refractivity contribution in [2.24, 2.45) is 0 Å². The van der Waals surface area contributed by atoms with Gasteiger partial charge >= 0.3 is 13.5 Å². The Balaban J connectivity index is 0.00000312. The molecule has 0 bridgehead atoms. The second-order valence-corrected chi connectivity index (χ2v) is 7.17. The first-order valence-electron chi connectivity index (χ1n) is 7.92. The van der Waals surface area contributed by atoms with E-state index in [1.807, 2.05) is 6.92 Å². The maximum Gasteiger partial charge on any atom is 0.472 e. The molecular weight excluding hydrogens is 363 g/mol. The highest BCUT2D eigenvalue weighted by Crippen LogP contribution is 2.44. The maximum atomic E-state index is 11.8. The maximum absolute atomic E-state index is 11.8. The fraction of sp³-hybridized carbons (Fsp3) is 0.714. The standard InChI is InChI=1S/C14H23N2O7P.Mg/c1-3-4-7-21-24(19,20)22-9-11-5-6-12(23-11)16-8-10(2)13(17)15-14(16)18;/h8,11-12H,3-7,9H2,1-2H3,(H,19,20)(H,15,17,18);/t11-,12-;/m1./s1. The quantitative estimate of drug-likeness (QED) is 0.389. The Morgan fingerprint density at radius 2 is 2.12 bits per heavy atom. The van der Waals surface area contributed by atoms with Crippen molar-refractivity contribution in [1.82, 2.24) is 9.55 Å². The number of nitrogens with one attached hydrogen (secondary N) is 1. The summed E-state index contributed by atoms with van der Waals surface area (Å²) in [7, 11) is -4.09. The van der Waals surface area contributed by atoms with Crippen LogP contribution in [0.5, 0.6) is 0 Å². The van der Waals surface area contributed by atoms with Gasteiger partial charge in [-0.25, -0.2) is 9.36 Å². The van der Waals surface area contributed by atoms with Crippen molar-refractivity contribution < 1.29 is 23.2 Å². The molecule has 1 aromatic rings. The highest BCUT2D eigenvalue weighted by molar-refractivity contribution is 7.47. The van der Waals surface area contributed by atoms with E-state index in [4.69, 9.17) is 13.8 Å². The van der Waals surface area contributed by atoms with Gasteiger partial charge in [-0.1, -0.05) is 13.3 Å². The lowest BCUT2D eigenvalue weighted by Crippen LogP contribution is -2.33. The van der Waals surface area contributed by atoms with Crippen molar-refractivity contribution in [3.63, 3.8) is 0 Å². The lowest BCUT2D eigenvalue weighted by atomic mass is 10.2. The third kappa shape index (κ3) is 6.63. The fourth-order valence-electron chi connectivity index (χ4n) is 2.35. The summed E-state index contributed by atoms with van der Waals surface area (Å²) >= 11 is 0. The molecule has 0 saturated carbocycles. The van der Waals surface area contributed by atoms with Crippen LogP contribution in [0.15, 0.2) is 15.8 Å². The van der Waals surface area contributed by atoms with Crippen molar-refractivity contribution in [2.45, 2.75) is 51.9 Å². The number of phosphoric acid groups is 1. The number of rotatable bonds is 8. The molecule has 0 aromatic carbocycles. The zero-order valence-electron chi connectivity index (χ0n) is 14.5. The van der Waals surface area contributed by atoms with E-state index in [9.17, 15) is 19.0 Å². The van der Waals surface area contributed by atoms with E-state index in [-0.39, 0.29) is 36.3 Å². The van der Waals surface area contributed by atoms with E-state index < -0.39 is 31.4 Å². The normalized spacial score (nSPS) is 22.4. The lowest BCUT2D eigenvalue weighted by Gasteiger charge is -2.17. The number of aromatic nitrogens is 2. The molecule has 3 atom stereocenters. The Kier molecular flexibility index (Phi) is 9.03. The number of unbranched alkanes of at least 4 members (excludes halogenated alkanes) is 1. The second-order valence-electron chi connectivity index (χ2n) is 5.72. The van der Waals surface area contributed by atoms with Crippen LogP contribution in [-0.2, 0) is 18.3 Å². The van der Waals surface area contributed by atoms with Gasteiger partial charge in [-0.05, 0) is 26.2 Å². The van der Waals surface area contributed by atoms with Crippen LogP contribution in [0.2, 0.25) is 0 Å². The lowest BCUT2D eigenvalue weighted by molar-refractivity contribution is -0.0260. The van der Waals surface area contributed by atoms with Crippen LogP contribution in [0.25, 0.3) is 0 Å². The smallest absolute Gasteiger partial charge is 0.352 e. The highest BCUT2D eigenvalue weighted by atomic mass is 31.2. The monoisotopic (exact) mass is 386 g/mol. The molecule has 1 fully saturated rings. The summed E-state index contributed by atoms with van der Waals surface area (Å²) in [5, 5.41) is 0. The molecule has 1 aromatic heterocycles. The van der Waals surface area contributed by atoms with Crippen molar-refractivity contribution in [2.75, 3.05) is 13.2 Å². The molecule has 0 amide bonds. The molecule has 9 nitrogen and oxygen atoms in total. The second kappa shape index (κ2) is 10.0. The number of H-pyrrole nitrogens is 1. The van der Waals surface area contributed by atoms with E-state index in [0.29, 0.717) is 24.8 Å². The molecule has 2 heterocycles. The zero-order valence-corrected chi connectivity index (χ0v) is 16.8. The summed E-state index contributed by atoms with van der Waals surface area (Å²) < 4.78 is 28.4. The van der Waals surface area contributed by atoms with E-state index >= 15 is 0 Å². The van der Waals surface area contributed by atoms with Gasteiger partial charge in [0.1, 0.15) is 6.23 Å². The molecule has 25 heavy (non-hydrogen) atoms. The summed E-state index contributed by atoms with van der Waals surface area (Å²) in [5.74, 6) is 0. The predicted octanol–water partition coefficient (Wildman–Crippen LogP) is 1.08. The number of nitrogens with zero attached hydrogens (tertiary/aromatic N) is 1. The van der Waals surface area contributed by atoms with Crippen LogP contribution >= 0.6 is 7.82 Å². The van der Waals surface area contributed by atoms with Gasteiger partial charge in [-0.3, -0.25) is 23.4 Å². The van der Waals surface area contributed by atoms with E-state index in [1.54, 1.807) is 6.92 Å². The molecule has 2 radical (unpaired) electrons. The molecule has 2 N–H and O–H groups in total. The molecule has 1 saturated heterocycles. The first kappa shape index (κ1) is 22.6. The average Bonchev–Trinajstić information content (AvgIpc) is 2.98. The highest BCUT2D eigenvalue weighted by Gasteiger charge is 2.30. The SMILES string of the molecule is CCCCOP(=O)(O)OC[C@H]1CC[C@H](n2cc(C)c(=O)[nH]c2=O)O1.[Mg]. The Morgan fingerprint density at radius 1 is 1.40 bits per heavy atom. The topological polar surface area (TPSA) is 120 Å². The molecule has 1 unspecified atom stereocenters. The van der Waals surface area contributed by atoms with Gasteiger partial charge in [0.05, 0.1) is 19.3 Å². The van der Waals surface area contributed by atoms with E-state index in [2.05, 4.69) is 4.98 Å². The van der Waals surface area contributed by atoms with Crippen LogP contribution < -0.4 is 11.2 Å². The third-order valence-corrected chi connectivity index (χ3v) is 4.70. The van der Waals surface area contributed by atoms with E-state index in [0.717, 1.165) is 6.42 Å². The summed E-state index contributed by atoms with van der Waals surface area (Å²) in [6.07, 6.45) is 3.09. The minimum Gasteiger partial charge on any atom is -0.352 e. The molecule has 0 aliphatic carbocycles. The molecule has 11 heteroatoms. The summed E-state index contributed by atoms with van der Waals surface area (Å²) in [6.45, 7) is 3.59. The third-order valence-electron chi connectivity index (χ3n) is 3.72. The van der Waals surface area contributed by atoms with Crippen LogP contribution in [0.4, 0.5) is 0 Å². The van der Waals surface area contributed by atoms with Gasteiger partial charge in [0.15, 0.2) is 0 Å². The van der Waals surface area contributed by atoms with Crippen molar-refractivity contribution in [3.05, 3.63) is 32.6 Å². The Hall–Kier alpha value is -0.484. The van der Waals surface area contributed by atoms with Gasteiger partial charge < -0.3 is 9.63 Å². The van der Waals surface area contributed by atoms with Gasteiger partial charge in [-0.2, -0.15) is 0 Å². The van der Waals surface area contributed by atoms with Crippen molar-refractivity contribution >= 4 is 30.9 Å². The summed E-state index contributed by atoms with van der Waals surface area (Å²) in [6, 6.07) is 0. The molecule has 138 valence electrons. The molecule has 1 aliphatic heterocycles. The largest absolute Gasteiger partial charge is 0.472 e. The first-order chi connectivity index (χ1) is 11.3.